The molecule has 2 aromatic rings. The second-order valence-corrected chi connectivity index (χ2v) is 3.59. The summed E-state index contributed by atoms with van der Waals surface area (Å²) in [4.78, 5) is 3.80. The van der Waals surface area contributed by atoms with Crippen LogP contribution in [-0.4, -0.2) is 11.5 Å². The summed E-state index contributed by atoms with van der Waals surface area (Å²) in [7, 11) is 0. The van der Waals surface area contributed by atoms with E-state index in [-0.39, 0.29) is 5.69 Å². The van der Waals surface area contributed by atoms with Crippen LogP contribution in [0.5, 0.6) is 0 Å². The van der Waals surface area contributed by atoms with Crippen molar-refractivity contribution in [3.8, 4) is 0 Å². The van der Waals surface area contributed by atoms with Gasteiger partial charge in [0.1, 0.15) is 11.5 Å². The standard InChI is InChI=1S/C12H11F3N2/c1-2-16-10-6-11(12(14)15)17-9-4-3-7(13)5-8(9)10/h3-6,12H,2H2,1H3,(H,16,17). The van der Waals surface area contributed by atoms with Crippen molar-refractivity contribution in [2.45, 2.75) is 13.3 Å². The average Bonchev–Trinajstić information content (AvgIpc) is 2.29. The number of anilines is 1. The number of hydrogen-bond donors (Lipinski definition) is 1. The Hall–Kier alpha value is -1.78. The van der Waals surface area contributed by atoms with Gasteiger partial charge in [-0.1, -0.05) is 0 Å². The van der Waals surface area contributed by atoms with Gasteiger partial charge in [-0.15, -0.1) is 0 Å². The van der Waals surface area contributed by atoms with Crippen LogP contribution in [0.25, 0.3) is 10.9 Å². The minimum atomic E-state index is -2.64. The van der Waals surface area contributed by atoms with Crippen molar-refractivity contribution in [1.29, 1.82) is 0 Å². The van der Waals surface area contributed by atoms with Crippen molar-refractivity contribution in [3.63, 3.8) is 0 Å². The third kappa shape index (κ3) is 2.33. The number of nitrogens with zero attached hydrogens (tertiary/aromatic N) is 1. The molecule has 2 rings (SSSR count). The van der Waals surface area contributed by atoms with Gasteiger partial charge in [0.25, 0.3) is 6.43 Å². The van der Waals surface area contributed by atoms with E-state index < -0.39 is 12.2 Å². The van der Waals surface area contributed by atoms with Crippen molar-refractivity contribution < 1.29 is 13.2 Å². The lowest BCUT2D eigenvalue weighted by Gasteiger charge is -2.10. The minimum Gasteiger partial charge on any atom is -0.385 e. The molecule has 1 N–H and O–H groups in total. The largest absolute Gasteiger partial charge is 0.385 e. The lowest BCUT2D eigenvalue weighted by atomic mass is 10.1. The summed E-state index contributed by atoms with van der Waals surface area (Å²) >= 11 is 0. The van der Waals surface area contributed by atoms with Gasteiger partial charge in [0.2, 0.25) is 0 Å². The number of pyridine rings is 1. The number of aromatic nitrogens is 1. The van der Waals surface area contributed by atoms with Crippen LogP contribution in [0, 0.1) is 5.82 Å². The van der Waals surface area contributed by atoms with Crippen molar-refractivity contribution in [3.05, 3.63) is 35.8 Å². The summed E-state index contributed by atoms with van der Waals surface area (Å²) in [5.41, 5.74) is 0.535. The molecular formula is C12H11F3N2. The van der Waals surface area contributed by atoms with Crippen LogP contribution < -0.4 is 5.32 Å². The van der Waals surface area contributed by atoms with E-state index in [2.05, 4.69) is 10.3 Å². The predicted octanol–water partition coefficient (Wildman–Crippen LogP) is 3.74. The number of rotatable bonds is 3. The van der Waals surface area contributed by atoms with E-state index in [9.17, 15) is 13.2 Å². The van der Waals surface area contributed by atoms with Crippen LogP contribution >= 0.6 is 0 Å². The predicted molar refractivity (Wildman–Crippen MR) is 60.8 cm³/mol. The van der Waals surface area contributed by atoms with E-state index in [1.807, 2.05) is 6.92 Å². The van der Waals surface area contributed by atoms with E-state index in [1.165, 1.54) is 24.3 Å². The lowest BCUT2D eigenvalue weighted by Crippen LogP contribution is -2.01. The van der Waals surface area contributed by atoms with E-state index in [4.69, 9.17) is 0 Å². The second-order valence-electron chi connectivity index (χ2n) is 3.59. The zero-order chi connectivity index (χ0) is 12.4. The Bertz CT molecular complexity index is 541. The Balaban J connectivity index is 2.67. The number of halogens is 3. The molecule has 0 bridgehead atoms. The Morgan fingerprint density at radius 2 is 2.06 bits per heavy atom. The lowest BCUT2D eigenvalue weighted by molar-refractivity contribution is 0.146. The third-order valence-corrected chi connectivity index (χ3v) is 2.38. The summed E-state index contributed by atoms with van der Waals surface area (Å²) in [6.07, 6.45) is -2.64. The molecule has 1 heterocycles. The van der Waals surface area contributed by atoms with Crippen LogP contribution in [-0.2, 0) is 0 Å². The van der Waals surface area contributed by atoms with Crippen molar-refractivity contribution in [2.75, 3.05) is 11.9 Å². The molecule has 17 heavy (non-hydrogen) atoms. The van der Waals surface area contributed by atoms with E-state index in [1.54, 1.807) is 0 Å². The molecule has 0 saturated heterocycles. The number of nitrogens with one attached hydrogen (secondary N) is 1. The van der Waals surface area contributed by atoms with Gasteiger partial charge in [0.15, 0.2) is 0 Å². The van der Waals surface area contributed by atoms with Crippen molar-refractivity contribution in [1.82, 2.24) is 4.98 Å². The first-order chi connectivity index (χ1) is 8.11. The first-order valence-electron chi connectivity index (χ1n) is 5.24. The Morgan fingerprint density at radius 1 is 1.29 bits per heavy atom. The van der Waals surface area contributed by atoms with Crippen molar-refractivity contribution >= 4 is 16.6 Å². The van der Waals surface area contributed by atoms with Crippen LogP contribution in [0.15, 0.2) is 24.3 Å². The molecule has 0 saturated carbocycles. The van der Waals surface area contributed by atoms with Gasteiger partial charge in [-0.2, -0.15) is 0 Å². The zero-order valence-corrected chi connectivity index (χ0v) is 9.17. The number of fused-ring (bicyclic) bond motifs is 1. The fraction of sp³-hybridized carbons (Fsp3) is 0.250. The molecule has 0 amide bonds. The van der Waals surface area contributed by atoms with Gasteiger partial charge in [-0.25, -0.2) is 18.2 Å². The molecule has 0 unspecified atom stereocenters. The van der Waals surface area contributed by atoms with E-state index >= 15 is 0 Å². The SMILES string of the molecule is CCNc1cc(C(F)F)nc2ccc(F)cc12. The first-order valence-corrected chi connectivity index (χ1v) is 5.24. The number of alkyl halides is 2. The molecule has 5 heteroatoms. The number of benzene rings is 1. The van der Waals surface area contributed by atoms with Crippen LogP contribution in [0.1, 0.15) is 19.0 Å². The summed E-state index contributed by atoms with van der Waals surface area (Å²) < 4.78 is 38.4. The monoisotopic (exact) mass is 240 g/mol. The molecule has 0 aliphatic heterocycles. The topological polar surface area (TPSA) is 24.9 Å². The maximum absolute atomic E-state index is 13.1. The molecule has 0 atom stereocenters. The molecule has 0 aliphatic carbocycles. The molecule has 90 valence electrons. The molecule has 0 spiro atoms. The quantitative estimate of drug-likeness (QED) is 0.883. The van der Waals surface area contributed by atoms with E-state index in [0.717, 1.165) is 0 Å². The highest BCUT2D eigenvalue weighted by molar-refractivity contribution is 5.91. The molecule has 2 nitrogen and oxygen atoms in total. The van der Waals surface area contributed by atoms with Crippen molar-refractivity contribution in [2.24, 2.45) is 0 Å². The normalized spacial score (nSPS) is 11.1. The minimum absolute atomic E-state index is 0.306. The highest BCUT2D eigenvalue weighted by Crippen LogP contribution is 2.28. The molecule has 0 fully saturated rings. The van der Waals surface area contributed by atoms with Gasteiger partial charge < -0.3 is 5.32 Å². The second kappa shape index (κ2) is 4.61. The van der Waals surface area contributed by atoms with E-state index in [0.29, 0.717) is 23.1 Å². The maximum Gasteiger partial charge on any atom is 0.280 e. The van der Waals surface area contributed by atoms with Gasteiger partial charge >= 0.3 is 0 Å². The van der Waals surface area contributed by atoms with Gasteiger partial charge in [-0.3, -0.25) is 0 Å². The summed E-state index contributed by atoms with van der Waals surface area (Å²) in [5.74, 6) is -0.414. The Kier molecular flexibility index (Phi) is 3.17. The van der Waals surface area contributed by atoms with Crippen LogP contribution in [0.4, 0.5) is 18.9 Å². The van der Waals surface area contributed by atoms with Crippen LogP contribution in [0.3, 0.4) is 0 Å². The van der Waals surface area contributed by atoms with Gasteiger partial charge in [0, 0.05) is 17.6 Å². The highest BCUT2D eigenvalue weighted by atomic mass is 19.3. The van der Waals surface area contributed by atoms with Crippen LogP contribution in [0.2, 0.25) is 0 Å². The van der Waals surface area contributed by atoms with Gasteiger partial charge in [0.05, 0.1) is 5.52 Å². The first kappa shape index (κ1) is 11.7. The smallest absolute Gasteiger partial charge is 0.280 e. The average molecular weight is 240 g/mol. The fourth-order valence-corrected chi connectivity index (χ4v) is 1.67. The summed E-state index contributed by atoms with van der Waals surface area (Å²) in [6.45, 7) is 2.41. The third-order valence-electron chi connectivity index (χ3n) is 2.38. The molecule has 0 radical (unpaired) electrons. The highest BCUT2D eigenvalue weighted by Gasteiger charge is 2.13. The zero-order valence-electron chi connectivity index (χ0n) is 9.17. The molecule has 1 aromatic carbocycles. The molecule has 1 aromatic heterocycles. The fourth-order valence-electron chi connectivity index (χ4n) is 1.67. The Labute approximate surface area is 96.5 Å². The molecular weight excluding hydrogens is 229 g/mol. The maximum atomic E-state index is 13.1. The summed E-state index contributed by atoms with van der Waals surface area (Å²) in [5, 5.41) is 3.44. The summed E-state index contributed by atoms with van der Waals surface area (Å²) in [6, 6.07) is 5.16. The Morgan fingerprint density at radius 3 is 2.71 bits per heavy atom. The van der Waals surface area contributed by atoms with Gasteiger partial charge in [-0.05, 0) is 31.2 Å². The number of hydrogen-bond acceptors (Lipinski definition) is 2. The molecule has 0 aliphatic rings.